The number of halogens is 3. The Morgan fingerprint density at radius 2 is 2.04 bits per heavy atom. The zero-order valence-corrected chi connectivity index (χ0v) is 13.8. The number of sulfonamides is 1. The Hall–Kier alpha value is -1.20. The van der Waals surface area contributed by atoms with E-state index in [2.05, 4.69) is 19.4 Å². The highest BCUT2D eigenvalue weighted by Gasteiger charge is 2.39. The monoisotopic (exact) mass is 356 g/mol. The summed E-state index contributed by atoms with van der Waals surface area (Å²) in [5, 5.41) is 2.91. The molecule has 0 spiro atoms. The number of hydrogen-bond donors (Lipinski definition) is 1. The maximum atomic E-state index is 12.5. The Bertz CT molecular complexity index is 644. The molecule has 1 saturated heterocycles. The second kappa shape index (κ2) is 6.36. The van der Waals surface area contributed by atoms with Gasteiger partial charge in [-0.2, -0.15) is 18.2 Å². The average molecular weight is 356 g/mol. The fourth-order valence-corrected chi connectivity index (χ4v) is 3.54. The van der Waals surface area contributed by atoms with E-state index in [1.165, 1.54) is 0 Å². The molecule has 1 fully saturated rings. The molecule has 1 aliphatic heterocycles. The van der Waals surface area contributed by atoms with E-state index >= 15 is 0 Å². The topological polar surface area (TPSA) is 88.3 Å². The first-order valence-corrected chi connectivity index (χ1v) is 8.94. The summed E-state index contributed by atoms with van der Waals surface area (Å²) in [6.07, 6.45) is -3.56. The number of aromatic nitrogens is 2. The van der Waals surface area contributed by atoms with E-state index in [1.807, 2.05) is 13.8 Å². The molecular weight excluding hydrogens is 337 g/mol. The van der Waals surface area contributed by atoms with E-state index < -0.39 is 22.0 Å². The molecule has 0 amide bonds. The van der Waals surface area contributed by atoms with Crippen LogP contribution >= 0.6 is 0 Å². The minimum Gasteiger partial charge on any atom is -0.338 e. The van der Waals surface area contributed by atoms with Crippen molar-refractivity contribution in [2.75, 3.05) is 19.3 Å². The van der Waals surface area contributed by atoms with Gasteiger partial charge in [0.15, 0.2) is 0 Å². The second-order valence-corrected chi connectivity index (χ2v) is 7.89. The number of nitrogens with one attached hydrogen (secondary N) is 1. The molecule has 1 aliphatic rings. The molecule has 11 heteroatoms. The number of likely N-dealkylation sites (tertiary alicyclic amines) is 1. The summed E-state index contributed by atoms with van der Waals surface area (Å²) >= 11 is 0. The molecule has 2 atom stereocenters. The standard InChI is InChI=1S/C12H19F3N4O3S/c1-7(2)8-4-19(5-9(8)18-23(3,20)21)6-10-16-11(17-22-10)12(13,14)15/h7-9,18H,4-6H2,1-3H3/t8-,9+/m0/s1. The van der Waals surface area contributed by atoms with Crippen molar-refractivity contribution in [3.8, 4) is 0 Å². The lowest BCUT2D eigenvalue weighted by Gasteiger charge is -2.21. The molecule has 0 aliphatic carbocycles. The van der Waals surface area contributed by atoms with E-state index in [9.17, 15) is 21.6 Å². The van der Waals surface area contributed by atoms with E-state index in [0.717, 1.165) is 6.26 Å². The molecule has 1 N–H and O–H groups in total. The molecule has 1 aromatic rings. The van der Waals surface area contributed by atoms with Gasteiger partial charge in [0.2, 0.25) is 15.9 Å². The summed E-state index contributed by atoms with van der Waals surface area (Å²) in [7, 11) is -3.36. The average Bonchev–Trinajstić information content (AvgIpc) is 2.94. The number of alkyl halides is 3. The predicted molar refractivity (Wildman–Crippen MR) is 74.7 cm³/mol. The molecule has 0 saturated carbocycles. The summed E-state index contributed by atoms with van der Waals surface area (Å²) in [5.74, 6) is -1.18. The van der Waals surface area contributed by atoms with Gasteiger partial charge in [-0.25, -0.2) is 13.1 Å². The molecule has 0 aromatic carbocycles. The van der Waals surface area contributed by atoms with Crippen LogP contribution in [0.5, 0.6) is 0 Å². The predicted octanol–water partition coefficient (Wildman–Crippen LogP) is 1.09. The maximum absolute atomic E-state index is 12.5. The molecule has 0 radical (unpaired) electrons. The van der Waals surface area contributed by atoms with Gasteiger partial charge >= 0.3 is 6.18 Å². The largest absolute Gasteiger partial charge is 0.455 e. The highest BCUT2D eigenvalue weighted by atomic mass is 32.2. The van der Waals surface area contributed by atoms with Crippen LogP contribution in [0, 0.1) is 11.8 Å². The van der Waals surface area contributed by atoms with Crippen molar-refractivity contribution >= 4 is 10.0 Å². The lowest BCUT2D eigenvalue weighted by Crippen LogP contribution is -2.41. The quantitative estimate of drug-likeness (QED) is 0.850. The highest BCUT2D eigenvalue weighted by molar-refractivity contribution is 7.88. The Morgan fingerprint density at radius 3 is 2.52 bits per heavy atom. The third-order valence-corrected chi connectivity index (χ3v) is 4.47. The summed E-state index contributed by atoms with van der Waals surface area (Å²) in [5.41, 5.74) is 0. The molecule has 0 unspecified atom stereocenters. The van der Waals surface area contributed by atoms with Gasteiger partial charge in [0.1, 0.15) is 0 Å². The first kappa shape index (κ1) is 18.1. The van der Waals surface area contributed by atoms with Crippen molar-refractivity contribution in [2.24, 2.45) is 11.8 Å². The van der Waals surface area contributed by atoms with Gasteiger partial charge in [-0.1, -0.05) is 19.0 Å². The fraction of sp³-hybridized carbons (Fsp3) is 0.833. The van der Waals surface area contributed by atoms with Crippen LogP contribution in [0.25, 0.3) is 0 Å². The second-order valence-electron chi connectivity index (χ2n) is 6.11. The van der Waals surface area contributed by atoms with Crippen molar-refractivity contribution < 1.29 is 26.1 Å². The molecule has 0 bridgehead atoms. The molecule has 1 aromatic heterocycles. The summed E-state index contributed by atoms with van der Waals surface area (Å²) < 4.78 is 67.4. The molecule has 2 rings (SSSR count). The minimum atomic E-state index is -4.65. The summed E-state index contributed by atoms with van der Waals surface area (Å²) in [6, 6.07) is -0.296. The van der Waals surface area contributed by atoms with Crippen molar-refractivity contribution in [1.29, 1.82) is 0 Å². The van der Waals surface area contributed by atoms with E-state index in [0.29, 0.717) is 13.1 Å². The molecule has 2 heterocycles. The highest BCUT2D eigenvalue weighted by Crippen LogP contribution is 2.28. The van der Waals surface area contributed by atoms with Crippen LogP contribution in [0.1, 0.15) is 25.6 Å². The molecule has 23 heavy (non-hydrogen) atoms. The third-order valence-electron chi connectivity index (χ3n) is 3.74. The van der Waals surface area contributed by atoms with Crippen LogP contribution in [0.15, 0.2) is 4.52 Å². The van der Waals surface area contributed by atoms with Crippen molar-refractivity contribution in [3.63, 3.8) is 0 Å². The third kappa shape index (κ3) is 4.88. The van der Waals surface area contributed by atoms with Crippen LogP contribution < -0.4 is 4.72 Å². The van der Waals surface area contributed by atoms with E-state index in [1.54, 1.807) is 4.90 Å². The van der Waals surface area contributed by atoms with Gasteiger partial charge in [0.05, 0.1) is 12.8 Å². The van der Waals surface area contributed by atoms with Crippen LogP contribution in [-0.2, 0) is 22.7 Å². The van der Waals surface area contributed by atoms with E-state index in [-0.39, 0.29) is 30.3 Å². The number of hydrogen-bond acceptors (Lipinski definition) is 6. The zero-order chi connectivity index (χ0) is 17.4. The van der Waals surface area contributed by atoms with Gasteiger partial charge in [-0.05, 0) is 11.8 Å². The van der Waals surface area contributed by atoms with Crippen LogP contribution in [0.2, 0.25) is 0 Å². The lowest BCUT2D eigenvalue weighted by molar-refractivity contribution is -0.146. The van der Waals surface area contributed by atoms with Crippen molar-refractivity contribution in [3.05, 3.63) is 11.7 Å². The zero-order valence-electron chi connectivity index (χ0n) is 13.0. The van der Waals surface area contributed by atoms with Crippen molar-refractivity contribution in [1.82, 2.24) is 19.8 Å². The summed E-state index contributed by atoms with van der Waals surface area (Å²) in [4.78, 5) is 5.14. The molecular formula is C12H19F3N4O3S. The SMILES string of the molecule is CC(C)[C@@H]1CN(Cc2nc(C(F)(F)F)no2)C[C@H]1NS(C)(=O)=O. The maximum Gasteiger partial charge on any atom is 0.455 e. The van der Waals surface area contributed by atoms with E-state index in [4.69, 9.17) is 0 Å². The Balaban J connectivity index is 2.05. The van der Waals surface area contributed by atoms with Gasteiger partial charge in [-0.3, -0.25) is 4.90 Å². The first-order valence-electron chi connectivity index (χ1n) is 7.05. The minimum absolute atomic E-state index is 0.0498. The summed E-state index contributed by atoms with van der Waals surface area (Å²) in [6.45, 7) is 4.90. The lowest BCUT2D eigenvalue weighted by atomic mass is 9.92. The smallest absolute Gasteiger partial charge is 0.338 e. The molecule has 7 nitrogen and oxygen atoms in total. The van der Waals surface area contributed by atoms with Crippen molar-refractivity contribution in [2.45, 2.75) is 32.6 Å². The van der Waals surface area contributed by atoms with Gasteiger partial charge in [0, 0.05) is 19.1 Å². The fourth-order valence-electron chi connectivity index (χ4n) is 2.74. The van der Waals surface area contributed by atoms with Gasteiger partial charge in [0.25, 0.3) is 5.82 Å². The first-order chi connectivity index (χ1) is 10.5. The van der Waals surface area contributed by atoms with Crippen LogP contribution in [0.4, 0.5) is 13.2 Å². The number of rotatable bonds is 5. The Kier molecular flexibility index (Phi) is 5.02. The van der Waals surface area contributed by atoms with Crippen LogP contribution in [-0.4, -0.2) is 48.8 Å². The Labute approximate surface area is 132 Å². The van der Waals surface area contributed by atoms with Crippen LogP contribution in [0.3, 0.4) is 0 Å². The Morgan fingerprint density at radius 1 is 1.39 bits per heavy atom. The number of nitrogens with zero attached hydrogens (tertiary/aromatic N) is 3. The van der Waals surface area contributed by atoms with Gasteiger partial charge in [-0.15, -0.1) is 0 Å². The normalized spacial score (nSPS) is 23.8. The van der Waals surface area contributed by atoms with Gasteiger partial charge < -0.3 is 4.52 Å². The molecule has 132 valence electrons.